The van der Waals surface area contributed by atoms with Crippen LogP contribution in [0, 0.1) is 0 Å². The molecule has 0 saturated heterocycles. The van der Waals surface area contributed by atoms with Gasteiger partial charge in [-0.05, 0) is 52.2 Å². The molecule has 0 spiro atoms. The molecule has 1 aliphatic rings. The van der Waals surface area contributed by atoms with Gasteiger partial charge in [0.05, 0.1) is 0 Å². The average Bonchev–Trinajstić information content (AvgIpc) is 3.10. The van der Waals surface area contributed by atoms with Crippen LogP contribution in [-0.2, 0) is 11.8 Å². The summed E-state index contributed by atoms with van der Waals surface area (Å²) in [6, 6.07) is 25.2. The molecule has 0 aliphatic heterocycles. The normalized spacial score (nSPS) is 14.4. The molecule has 5 rings (SSSR count). The molecule has 1 unspecified atom stereocenters. The molecule has 1 aliphatic carbocycles. The molecule has 1 aromatic heterocycles. The Kier molecular flexibility index (Phi) is 3.65. The van der Waals surface area contributed by atoms with Crippen molar-refractivity contribution in [1.82, 2.24) is 0 Å². The van der Waals surface area contributed by atoms with Crippen molar-refractivity contribution < 1.29 is 0 Å². The van der Waals surface area contributed by atoms with E-state index in [9.17, 15) is 0 Å². The fraction of sp³-hybridized carbons (Fsp3) is 0.231. The zero-order valence-corrected chi connectivity index (χ0v) is 17.4. The molecule has 4 aromatic rings. The van der Waals surface area contributed by atoms with Gasteiger partial charge in [0.2, 0.25) is 0 Å². The molecule has 0 radical (unpaired) electrons. The van der Waals surface area contributed by atoms with Crippen molar-refractivity contribution in [2.45, 2.75) is 39.5 Å². The van der Waals surface area contributed by atoms with Crippen LogP contribution in [-0.4, -0.2) is 0 Å². The molecule has 1 heterocycles. The van der Waals surface area contributed by atoms with E-state index in [0.717, 1.165) is 6.42 Å². The van der Waals surface area contributed by atoms with Gasteiger partial charge in [-0.15, -0.1) is 0 Å². The number of hydrogen-bond donors (Lipinski definition) is 0. The van der Waals surface area contributed by atoms with Crippen LogP contribution in [0.1, 0.15) is 38.8 Å². The Bertz CT molecular complexity index is 1200. The highest BCUT2D eigenvalue weighted by atomic mass is 31.1. The minimum Gasteiger partial charge on any atom is -0.0772 e. The topological polar surface area (TPSA) is 0 Å². The first-order valence-electron chi connectivity index (χ1n) is 9.77. The van der Waals surface area contributed by atoms with Crippen LogP contribution in [0.4, 0.5) is 0 Å². The minimum absolute atomic E-state index is 0.193. The lowest BCUT2D eigenvalue weighted by molar-refractivity contribution is 0.590. The van der Waals surface area contributed by atoms with Crippen molar-refractivity contribution in [1.29, 1.82) is 0 Å². The summed E-state index contributed by atoms with van der Waals surface area (Å²) < 4.78 is 0. The zero-order valence-electron chi connectivity index (χ0n) is 16.5. The summed E-state index contributed by atoms with van der Waals surface area (Å²) in [5.74, 6) is 0. The number of rotatable bonds is 2. The molecule has 0 saturated carbocycles. The van der Waals surface area contributed by atoms with Crippen LogP contribution >= 0.6 is 7.53 Å². The Balaban J connectivity index is 1.82. The van der Waals surface area contributed by atoms with E-state index in [1.54, 1.807) is 15.9 Å². The molecular formula is C26H25P. The lowest BCUT2D eigenvalue weighted by Crippen LogP contribution is -2.10. The minimum atomic E-state index is -0.420. The van der Waals surface area contributed by atoms with Gasteiger partial charge in [0.15, 0.2) is 0 Å². The summed E-state index contributed by atoms with van der Waals surface area (Å²) in [4.78, 5) is 1.63. The van der Waals surface area contributed by atoms with Crippen LogP contribution in [0.5, 0.6) is 0 Å². The Morgan fingerprint density at radius 2 is 1.52 bits per heavy atom. The Morgan fingerprint density at radius 3 is 2.19 bits per heavy atom. The quantitative estimate of drug-likeness (QED) is 0.350. The van der Waals surface area contributed by atoms with E-state index >= 15 is 0 Å². The summed E-state index contributed by atoms with van der Waals surface area (Å²) in [6.45, 7) is 9.18. The second-order valence-corrected chi connectivity index (χ2v) is 10.9. The first kappa shape index (κ1) is 16.8. The second-order valence-electron chi connectivity index (χ2n) is 8.80. The maximum absolute atomic E-state index is 2.41. The van der Waals surface area contributed by atoms with Gasteiger partial charge < -0.3 is 0 Å². The van der Waals surface area contributed by atoms with Gasteiger partial charge in [0, 0.05) is 15.6 Å². The van der Waals surface area contributed by atoms with Crippen LogP contribution in [0.15, 0.2) is 66.7 Å². The second kappa shape index (κ2) is 5.85. The Labute approximate surface area is 162 Å². The van der Waals surface area contributed by atoms with Crippen molar-refractivity contribution in [2.75, 3.05) is 0 Å². The lowest BCUT2D eigenvalue weighted by Gasteiger charge is -2.19. The van der Waals surface area contributed by atoms with E-state index in [1.165, 1.54) is 32.7 Å². The van der Waals surface area contributed by atoms with E-state index in [0.29, 0.717) is 0 Å². The third-order valence-electron chi connectivity index (χ3n) is 5.88. The fourth-order valence-corrected chi connectivity index (χ4v) is 7.39. The van der Waals surface area contributed by atoms with Crippen molar-refractivity contribution in [2.24, 2.45) is 0 Å². The highest BCUT2D eigenvalue weighted by Crippen LogP contribution is 2.52. The third-order valence-corrected chi connectivity index (χ3v) is 8.61. The molecule has 134 valence electrons. The van der Waals surface area contributed by atoms with Crippen LogP contribution < -0.4 is 4.95 Å². The van der Waals surface area contributed by atoms with Gasteiger partial charge >= 0.3 is 0 Å². The Morgan fingerprint density at radius 1 is 0.815 bits per heavy atom. The van der Waals surface area contributed by atoms with Gasteiger partial charge in [-0.3, -0.25) is 0 Å². The third kappa shape index (κ3) is 2.51. The van der Waals surface area contributed by atoms with E-state index in [2.05, 4.69) is 94.4 Å². The fourth-order valence-electron chi connectivity index (χ4n) is 4.52. The molecule has 2 bridgehead atoms. The first-order valence-corrected chi connectivity index (χ1v) is 11.1. The largest absolute Gasteiger partial charge is 0.0772 e. The van der Waals surface area contributed by atoms with E-state index in [-0.39, 0.29) is 5.41 Å². The predicted molar refractivity (Wildman–Crippen MR) is 120 cm³/mol. The highest BCUT2D eigenvalue weighted by molar-refractivity contribution is 7.62. The van der Waals surface area contributed by atoms with Crippen LogP contribution in [0.3, 0.4) is 0 Å². The molecule has 0 amide bonds. The van der Waals surface area contributed by atoms with Crippen molar-refractivity contribution in [3.8, 4) is 16.4 Å². The van der Waals surface area contributed by atoms with Crippen LogP contribution in [0.2, 0.25) is 0 Å². The molecule has 27 heavy (non-hydrogen) atoms. The smallest absolute Gasteiger partial charge is 0.00745 e. The maximum atomic E-state index is 2.41. The molecule has 0 N–H and O–H groups in total. The monoisotopic (exact) mass is 368 g/mol. The molecule has 1 atom stereocenters. The summed E-state index contributed by atoms with van der Waals surface area (Å²) in [5.41, 5.74) is 7.55. The summed E-state index contributed by atoms with van der Waals surface area (Å²) in [5, 5.41) is 4.56. The first-order chi connectivity index (χ1) is 12.9. The van der Waals surface area contributed by atoms with E-state index in [1.807, 2.05) is 0 Å². The molecule has 3 aromatic carbocycles. The van der Waals surface area contributed by atoms with Crippen molar-refractivity contribution in [3.05, 3.63) is 82.8 Å². The molecule has 1 heteroatoms. The zero-order chi connectivity index (χ0) is 18.8. The lowest BCUT2D eigenvalue weighted by atomic mass is 9.86. The standard InChI is InChI=1S/C26H25P/c1-17-16-19-12-15-22-23(18-10-13-20(14-11-18)26(2,3)4)24(19)25(17)27(22)21-8-6-5-7-9-21/h5-15H,16H2,1-4H3. The van der Waals surface area contributed by atoms with Gasteiger partial charge in [0.25, 0.3) is 0 Å². The van der Waals surface area contributed by atoms with E-state index < -0.39 is 7.53 Å². The summed E-state index contributed by atoms with van der Waals surface area (Å²) in [6.07, 6.45) is 1.11. The average molecular weight is 368 g/mol. The predicted octanol–water partition coefficient (Wildman–Crippen LogP) is 7.23. The maximum Gasteiger partial charge on any atom is 0.00745 e. The van der Waals surface area contributed by atoms with Gasteiger partial charge in [-0.2, -0.15) is 0 Å². The molecule has 0 nitrogen and oxygen atoms in total. The highest BCUT2D eigenvalue weighted by Gasteiger charge is 2.25. The number of hydrogen-bond acceptors (Lipinski definition) is 0. The van der Waals surface area contributed by atoms with Crippen molar-refractivity contribution in [3.63, 3.8) is 0 Å². The summed E-state index contributed by atoms with van der Waals surface area (Å²) in [7, 11) is -0.420. The van der Waals surface area contributed by atoms with Gasteiger partial charge in [-0.25, -0.2) is 0 Å². The molecule has 0 fully saturated rings. The van der Waals surface area contributed by atoms with Crippen molar-refractivity contribution >= 4 is 23.6 Å². The summed E-state index contributed by atoms with van der Waals surface area (Å²) >= 11 is 0. The van der Waals surface area contributed by atoms with Gasteiger partial charge in [0.1, 0.15) is 0 Å². The SMILES string of the molecule is CC1=c2c3c(ccc(c3-c3ccc(C(C)(C)C)cc3)p2-c2ccccc2)C1. The molecular weight excluding hydrogens is 343 g/mol. The van der Waals surface area contributed by atoms with Crippen LogP contribution in [0.25, 0.3) is 32.5 Å². The number of fused-ring (bicyclic) bond motifs is 1. The van der Waals surface area contributed by atoms with Gasteiger partial charge in [-0.1, -0.05) is 94.5 Å². The van der Waals surface area contributed by atoms with E-state index in [4.69, 9.17) is 0 Å². The Hall–Kier alpha value is -2.30. The number of benzene rings is 3.